The number of aryl methyl sites for hydroxylation is 4. The second-order valence-corrected chi connectivity index (χ2v) is 8.90. The van der Waals surface area contributed by atoms with Crippen molar-refractivity contribution in [2.45, 2.75) is 58.0 Å². The van der Waals surface area contributed by atoms with E-state index in [1.54, 1.807) is 4.68 Å². The highest BCUT2D eigenvalue weighted by atomic mass is 32.1. The van der Waals surface area contributed by atoms with E-state index in [4.69, 9.17) is 4.98 Å². The Morgan fingerprint density at radius 1 is 1.08 bits per heavy atom. The van der Waals surface area contributed by atoms with Gasteiger partial charge in [0.1, 0.15) is 5.01 Å². The molecule has 0 saturated carbocycles. The van der Waals surface area contributed by atoms with Crippen LogP contribution in [0.4, 0.5) is 0 Å². The molecule has 1 aliphatic heterocycles. The Balaban J connectivity index is 1.18. The highest BCUT2D eigenvalue weighted by Gasteiger charge is 2.29. The van der Waals surface area contributed by atoms with Crippen LogP contribution in [-0.2, 0) is 38.8 Å². The molecular formula is C19H24N4OS. The number of rotatable bonds is 4. The van der Waals surface area contributed by atoms with E-state index in [1.807, 2.05) is 17.4 Å². The van der Waals surface area contributed by atoms with Gasteiger partial charge in [-0.3, -0.25) is 9.69 Å². The van der Waals surface area contributed by atoms with Crippen LogP contribution >= 0.6 is 11.3 Å². The molecular weight excluding hydrogens is 332 g/mol. The average molecular weight is 356 g/mol. The van der Waals surface area contributed by atoms with Gasteiger partial charge < -0.3 is 0 Å². The maximum atomic E-state index is 12.2. The Hall–Kier alpha value is -1.53. The number of hydrogen-bond acceptors (Lipinski definition) is 5. The molecule has 2 aromatic heterocycles. The molecule has 3 aliphatic rings. The maximum Gasteiger partial charge on any atom is 0.267 e. The number of hydrogen-bond donors (Lipinski definition) is 0. The molecule has 0 N–H and O–H groups in total. The Kier molecular flexibility index (Phi) is 3.97. The predicted molar refractivity (Wildman–Crippen MR) is 98.0 cm³/mol. The molecule has 5 nitrogen and oxygen atoms in total. The third-order valence-electron chi connectivity index (χ3n) is 5.74. The lowest BCUT2D eigenvalue weighted by Crippen LogP contribution is -2.49. The molecule has 3 heterocycles. The van der Waals surface area contributed by atoms with Crippen molar-refractivity contribution in [3.63, 3.8) is 0 Å². The average Bonchev–Trinajstić information content (AvgIpc) is 3.18. The van der Waals surface area contributed by atoms with E-state index in [2.05, 4.69) is 10.00 Å². The van der Waals surface area contributed by atoms with Gasteiger partial charge in [-0.15, -0.1) is 11.3 Å². The summed E-state index contributed by atoms with van der Waals surface area (Å²) in [5.41, 5.74) is 3.75. The molecule has 2 aromatic rings. The van der Waals surface area contributed by atoms with Gasteiger partial charge >= 0.3 is 0 Å². The van der Waals surface area contributed by atoms with Gasteiger partial charge in [0.2, 0.25) is 0 Å². The molecule has 0 spiro atoms. The zero-order valence-electron chi connectivity index (χ0n) is 14.5. The van der Waals surface area contributed by atoms with Gasteiger partial charge in [0, 0.05) is 30.0 Å². The first-order chi connectivity index (χ1) is 12.2. The molecule has 0 unspecified atom stereocenters. The fraction of sp³-hybridized carbons (Fsp3) is 0.632. The van der Waals surface area contributed by atoms with Crippen LogP contribution in [-0.4, -0.2) is 32.8 Å². The quantitative estimate of drug-likeness (QED) is 0.843. The summed E-state index contributed by atoms with van der Waals surface area (Å²) >= 11 is 1.91. The Morgan fingerprint density at radius 3 is 2.80 bits per heavy atom. The van der Waals surface area contributed by atoms with Crippen molar-refractivity contribution >= 4 is 11.3 Å². The molecule has 0 atom stereocenters. The summed E-state index contributed by atoms with van der Waals surface area (Å²) in [6.07, 6.45) is 8.20. The van der Waals surface area contributed by atoms with Gasteiger partial charge in [0.25, 0.3) is 5.56 Å². The highest BCUT2D eigenvalue weighted by molar-refractivity contribution is 7.11. The van der Waals surface area contributed by atoms with E-state index in [1.165, 1.54) is 46.8 Å². The standard InChI is InChI=1S/C19H24N4OS/c24-19-8-14-4-3-6-15(14)21-23(19)11-13-9-22(10-13)12-18-20-16-5-1-2-7-17(16)25-18/h8,13H,1-7,9-12H2. The van der Waals surface area contributed by atoms with Crippen LogP contribution in [0.1, 0.15) is 46.1 Å². The summed E-state index contributed by atoms with van der Waals surface area (Å²) in [4.78, 5) is 21.0. The molecule has 132 valence electrons. The fourth-order valence-corrected chi connectivity index (χ4v) is 5.60. The number of fused-ring (bicyclic) bond motifs is 2. The second-order valence-electron chi connectivity index (χ2n) is 7.73. The van der Waals surface area contributed by atoms with Crippen LogP contribution in [0.3, 0.4) is 0 Å². The molecule has 0 amide bonds. The first-order valence-electron chi connectivity index (χ1n) is 9.54. The SMILES string of the molecule is O=c1cc2c(nn1CC1CN(Cc3nc4c(s3)CCCC4)C1)CCC2. The Bertz CT molecular complexity index is 826. The van der Waals surface area contributed by atoms with Crippen molar-refractivity contribution in [1.29, 1.82) is 0 Å². The molecule has 0 aromatic carbocycles. The van der Waals surface area contributed by atoms with Crippen molar-refractivity contribution in [3.05, 3.63) is 43.3 Å². The lowest BCUT2D eigenvalue weighted by atomic mass is 10.0. The second kappa shape index (κ2) is 6.32. The molecule has 1 fully saturated rings. The largest absolute Gasteiger partial charge is 0.296 e. The molecule has 25 heavy (non-hydrogen) atoms. The van der Waals surface area contributed by atoms with Crippen molar-refractivity contribution in [3.8, 4) is 0 Å². The summed E-state index contributed by atoms with van der Waals surface area (Å²) in [6, 6.07) is 1.81. The number of nitrogens with zero attached hydrogens (tertiary/aromatic N) is 4. The van der Waals surface area contributed by atoms with Gasteiger partial charge in [-0.1, -0.05) is 0 Å². The molecule has 5 rings (SSSR count). The van der Waals surface area contributed by atoms with Gasteiger partial charge in [0.15, 0.2) is 0 Å². The van der Waals surface area contributed by atoms with Crippen LogP contribution in [0, 0.1) is 5.92 Å². The summed E-state index contributed by atoms with van der Waals surface area (Å²) < 4.78 is 1.70. The fourth-order valence-electron chi connectivity index (χ4n) is 4.40. The third-order valence-corrected chi connectivity index (χ3v) is 6.88. The minimum atomic E-state index is 0.0756. The monoisotopic (exact) mass is 356 g/mol. The summed E-state index contributed by atoms with van der Waals surface area (Å²) in [5, 5.41) is 5.88. The minimum absolute atomic E-state index is 0.0756. The van der Waals surface area contributed by atoms with Gasteiger partial charge in [-0.25, -0.2) is 9.67 Å². The van der Waals surface area contributed by atoms with Crippen LogP contribution in [0.5, 0.6) is 0 Å². The van der Waals surface area contributed by atoms with Gasteiger partial charge in [-0.2, -0.15) is 5.10 Å². The number of aromatic nitrogens is 3. The third kappa shape index (κ3) is 3.06. The smallest absolute Gasteiger partial charge is 0.267 e. The summed E-state index contributed by atoms with van der Waals surface area (Å²) in [7, 11) is 0. The Labute approximate surface area is 151 Å². The van der Waals surface area contributed by atoms with E-state index in [9.17, 15) is 4.79 Å². The van der Waals surface area contributed by atoms with Crippen LogP contribution in [0.25, 0.3) is 0 Å². The normalized spacial score (nSPS) is 20.3. The summed E-state index contributed by atoms with van der Waals surface area (Å²) in [5.74, 6) is 0.541. The van der Waals surface area contributed by atoms with Crippen molar-refractivity contribution in [2.75, 3.05) is 13.1 Å². The molecule has 2 aliphatic carbocycles. The van der Waals surface area contributed by atoms with E-state index in [-0.39, 0.29) is 5.56 Å². The van der Waals surface area contributed by atoms with Gasteiger partial charge in [0.05, 0.1) is 24.5 Å². The predicted octanol–water partition coefficient (Wildman–Crippen LogP) is 2.20. The van der Waals surface area contributed by atoms with Crippen LogP contribution < -0.4 is 5.56 Å². The first kappa shape index (κ1) is 15.7. The lowest BCUT2D eigenvalue weighted by Gasteiger charge is -2.38. The summed E-state index contributed by atoms with van der Waals surface area (Å²) in [6.45, 7) is 3.84. The zero-order valence-corrected chi connectivity index (χ0v) is 15.4. The van der Waals surface area contributed by atoms with E-state index in [0.717, 1.165) is 51.1 Å². The molecule has 0 bridgehead atoms. The number of thiazole rings is 1. The van der Waals surface area contributed by atoms with E-state index in [0.29, 0.717) is 5.92 Å². The lowest BCUT2D eigenvalue weighted by molar-refractivity contribution is 0.0764. The van der Waals surface area contributed by atoms with Crippen molar-refractivity contribution in [2.24, 2.45) is 5.92 Å². The topological polar surface area (TPSA) is 51.0 Å². The Morgan fingerprint density at radius 2 is 1.92 bits per heavy atom. The number of likely N-dealkylation sites (tertiary alicyclic amines) is 1. The van der Waals surface area contributed by atoms with E-state index < -0.39 is 0 Å². The van der Waals surface area contributed by atoms with Crippen LogP contribution in [0.2, 0.25) is 0 Å². The van der Waals surface area contributed by atoms with Crippen molar-refractivity contribution in [1.82, 2.24) is 19.7 Å². The molecule has 1 saturated heterocycles. The first-order valence-corrected chi connectivity index (χ1v) is 10.4. The molecule has 0 radical (unpaired) electrons. The minimum Gasteiger partial charge on any atom is -0.296 e. The molecule has 6 heteroatoms. The maximum absolute atomic E-state index is 12.2. The van der Waals surface area contributed by atoms with Gasteiger partial charge in [-0.05, 0) is 50.5 Å². The highest BCUT2D eigenvalue weighted by Crippen LogP contribution is 2.29. The van der Waals surface area contributed by atoms with E-state index >= 15 is 0 Å². The van der Waals surface area contributed by atoms with Crippen molar-refractivity contribution < 1.29 is 0 Å². The zero-order chi connectivity index (χ0) is 16.8. The van der Waals surface area contributed by atoms with Crippen LogP contribution in [0.15, 0.2) is 10.9 Å².